The number of para-hydroxylation sites is 2. The van der Waals surface area contributed by atoms with Crippen molar-refractivity contribution in [2.75, 3.05) is 24.2 Å². The molecule has 0 fully saturated rings. The Labute approximate surface area is 257 Å². The summed E-state index contributed by atoms with van der Waals surface area (Å²) in [5.41, 5.74) is 6.73. The van der Waals surface area contributed by atoms with Crippen LogP contribution in [-0.4, -0.2) is 43.7 Å². The quantitative estimate of drug-likeness (QED) is 0.169. The Kier molecular flexibility index (Phi) is 7.97. The molecule has 0 aliphatic rings. The molecule has 0 spiro atoms. The Morgan fingerprint density at radius 3 is 2.39 bits per heavy atom. The highest BCUT2D eigenvalue weighted by Gasteiger charge is 2.27. The second-order valence-electron chi connectivity index (χ2n) is 11.0. The zero-order valence-electron chi connectivity index (χ0n) is 24.9. The van der Waals surface area contributed by atoms with E-state index in [-0.39, 0.29) is 12.5 Å². The SMILES string of the molecule is CNC(=O)c1c(-c2ccc(C)cc2)oc2cc(N(CCCCn3cnc4ccccc43)S(C)(=O)=O)c(-c3ccccc3)cc12. The molecule has 6 aromatic rings. The highest BCUT2D eigenvalue weighted by Crippen LogP contribution is 2.41. The van der Waals surface area contributed by atoms with E-state index in [0.29, 0.717) is 40.0 Å². The molecule has 2 heterocycles. The number of aryl methyl sites for hydroxylation is 2. The number of imidazole rings is 1. The third-order valence-corrected chi connectivity index (χ3v) is 9.05. The summed E-state index contributed by atoms with van der Waals surface area (Å²) < 4.78 is 36.6. The van der Waals surface area contributed by atoms with Crippen LogP contribution in [0.25, 0.3) is 44.5 Å². The van der Waals surface area contributed by atoms with Gasteiger partial charge in [-0.2, -0.15) is 0 Å². The number of nitrogens with zero attached hydrogens (tertiary/aromatic N) is 3. The topological polar surface area (TPSA) is 97.4 Å². The van der Waals surface area contributed by atoms with E-state index in [0.717, 1.165) is 40.7 Å². The van der Waals surface area contributed by atoms with Crippen molar-refractivity contribution >= 4 is 43.6 Å². The minimum atomic E-state index is -3.67. The van der Waals surface area contributed by atoms with Gasteiger partial charge in [-0.1, -0.05) is 72.3 Å². The number of rotatable bonds is 10. The number of nitrogens with one attached hydrogen (secondary N) is 1. The molecule has 0 saturated heterocycles. The number of hydrogen-bond acceptors (Lipinski definition) is 5. The van der Waals surface area contributed by atoms with Gasteiger partial charge >= 0.3 is 0 Å². The summed E-state index contributed by atoms with van der Waals surface area (Å²) in [6.45, 7) is 3.00. The lowest BCUT2D eigenvalue weighted by Gasteiger charge is -2.25. The fourth-order valence-electron chi connectivity index (χ4n) is 5.64. The predicted octanol–water partition coefficient (Wildman–Crippen LogP) is 7.03. The van der Waals surface area contributed by atoms with Gasteiger partial charge < -0.3 is 14.3 Å². The standard InChI is InChI=1S/C35H34N4O4S/c1-24-15-17-26(18-16-24)34-33(35(40)36-2)28-21-27(25-11-5-4-6-12-25)31(22-32(28)43-34)39(44(3,41)42)20-10-9-19-38-23-37-29-13-7-8-14-30(29)38/h4-8,11-18,21-23H,9-10,19-20H2,1-3H3,(H,36,40). The fraction of sp³-hybridized carbons (Fsp3) is 0.200. The number of carbonyl (C=O) groups is 1. The number of anilines is 1. The molecule has 1 N–H and O–H groups in total. The first kappa shape index (κ1) is 29.2. The fourth-order valence-corrected chi connectivity index (χ4v) is 6.61. The molecule has 1 amide bonds. The van der Waals surface area contributed by atoms with Crippen molar-refractivity contribution in [2.24, 2.45) is 0 Å². The number of fused-ring (bicyclic) bond motifs is 2. The van der Waals surface area contributed by atoms with Gasteiger partial charge in [0.15, 0.2) is 0 Å². The van der Waals surface area contributed by atoms with Crippen molar-refractivity contribution in [3.05, 3.63) is 108 Å². The second kappa shape index (κ2) is 12.0. The van der Waals surface area contributed by atoms with E-state index >= 15 is 0 Å². The molecule has 0 bridgehead atoms. The highest BCUT2D eigenvalue weighted by atomic mass is 32.2. The highest BCUT2D eigenvalue weighted by molar-refractivity contribution is 7.92. The molecule has 0 unspecified atom stereocenters. The molecule has 0 atom stereocenters. The van der Waals surface area contributed by atoms with E-state index in [2.05, 4.69) is 14.9 Å². The van der Waals surface area contributed by atoms with Crippen LogP contribution in [0.4, 0.5) is 5.69 Å². The van der Waals surface area contributed by atoms with Crippen LogP contribution in [0.2, 0.25) is 0 Å². The van der Waals surface area contributed by atoms with Gasteiger partial charge in [-0.25, -0.2) is 13.4 Å². The molecule has 6 rings (SSSR count). The van der Waals surface area contributed by atoms with Crippen LogP contribution < -0.4 is 9.62 Å². The molecule has 0 radical (unpaired) electrons. The molecule has 0 aliphatic carbocycles. The number of carbonyl (C=O) groups excluding carboxylic acids is 1. The van der Waals surface area contributed by atoms with Crippen molar-refractivity contribution in [2.45, 2.75) is 26.3 Å². The Morgan fingerprint density at radius 2 is 1.66 bits per heavy atom. The predicted molar refractivity (Wildman–Crippen MR) is 176 cm³/mol. The van der Waals surface area contributed by atoms with E-state index < -0.39 is 10.0 Å². The minimum absolute atomic E-state index is 0.280. The lowest BCUT2D eigenvalue weighted by molar-refractivity contribution is 0.0964. The van der Waals surface area contributed by atoms with Gasteiger partial charge in [0.2, 0.25) is 10.0 Å². The van der Waals surface area contributed by atoms with E-state index in [1.54, 1.807) is 13.1 Å². The molecule has 8 nitrogen and oxygen atoms in total. The van der Waals surface area contributed by atoms with Crippen LogP contribution in [0.15, 0.2) is 102 Å². The zero-order valence-corrected chi connectivity index (χ0v) is 25.8. The number of unbranched alkanes of at least 4 members (excludes halogenated alkanes) is 1. The third kappa shape index (κ3) is 5.70. The van der Waals surface area contributed by atoms with Crippen LogP contribution in [0.3, 0.4) is 0 Å². The molecule has 2 aromatic heterocycles. The summed E-state index contributed by atoms with van der Waals surface area (Å²) in [7, 11) is -2.09. The maximum Gasteiger partial charge on any atom is 0.255 e. The molecule has 224 valence electrons. The maximum atomic E-state index is 13.3. The van der Waals surface area contributed by atoms with Crippen molar-refractivity contribution in [3.8, 4) is 22.5 Å². The largest absolute Gasteiger partial charge is 0.455 e. The number of benzene rings is 4. The number of furan rings is 1. The Morgan fingerprint density at radius 1 is 0.932 bits per heavy atom. The van der Waals surface area contributed by atoms with E-state index in [1.165, 1.54) is 10.6 Å². The lowest BCUT2D eigenvalue weighted by atomic mass is 9.98. The molecular formula is C35H34N4O4S. The van der Waals surface area contributed by atoms with Crippen molar-refractivity contribution in [1.82, 2.24) is 14.9 Å². The van der Waals surface area contributed by atoms with Gasteiger partial charge in [0, 0.05) is 42.7 Å². The summed E-state index contributed by atoms with van der Waals surface area (Å²) >= 11 is 0. The van der Waals surface area contributed by atoms with E-state index in [4.69, 9.17) is 4.42 Å². The minimum Gasteiger partial charge on any atom is -0.455 e. The van der Waals surface area contributed by atoms with Crippen molar-refractivity contribution < 1.29 is 17.6 Å². The summed E-state index contributed by atoms with van der Waals surface area (Å²) in [6.07, 6.45) is 4.44. The van der Waals surface area contributed by atoms with Crippen LogP contribution in [-0.2, 0) is 16.6 Å². The number of amides is 1. The monoisotopic (exact) mass is 606 g/mol. The smallest absolute Gasteiger partial charge is 0.255 e. The first-order valence-electron chi connectivity index (χ1n) is 14.6. The van der Waals surface area contributed by atoms with Gasteiger partial charge in [0.1, 0.15) is 11.3 Å². The van der Waals surface area contributed by atoms with Gasteiger partial charge in [-0.05, 0) is 43.5 Å². The molecule has 0 saturated carbocycles. The average molecular weight is 607 g/mol. The molecule has 44 heavy (non-hydrogen) atoms. The second-order valence-corrected chi connectivity index (χ2v) is 12.9. The number of sulfonamides is 1. The average Bonchev–Trinajstić information content (AvgIpc) is 3.61. The van der Waals surface area contributed by atoms with E-state index in [9.17, 15) is 13.2 Å². The Hall–Kier alpha value is -4.89. The van der Waals surface area contributed by atoms with Gasteiger partial charge in [-0.15, -0.1) is 0 Å². The van der Waals surface area contributed by atoms with Gasteiger partial charge in [-0.3, -0.25) is 9.10 Å². The number of hydrogen-bond donors (Lipinski definition) is 1. The Balaban J connectivity index is 1.42. The van der Waals surface area contributed by atoms with Gasteiger partial charge in [0.05, 0.1) is 34.9 Å². The summed E-state index contributed by atoms with van der Waals surface area (Å²) in [4.78, 5) is 17.7. The van der Waals surface area contributed by atoms with Crippen LogP contribution >= 0.6 is 0 Å². The Bertz CT molecular complexity index is 2060. The summed E-state index contributed by atoms with van der Waals surface area (Å²) in [5, 5.41) is 3.36. The molecule has 4 aromatic carbocycles. The first-order valence-corrected chi connectivity index (χ1v) is 16.4. The summed E-state index contributed by atoms with van der Waals surface area (Å²) in [6, 6.07) is 29.0. The molecular weight excluding hydrogens is 572 g/mol. The number of aromatic nitrogens is 2. The van der Waals surface area contributed by atoms with E-state index in [1.807, 2.05) is 98.2 Å². The van der Waals surface area contributed by atoms with Crippen molar-refractivity contribution in [1.29, 1.82) is 0 Å². The van der Waals surface area contributed by atoms with Crippen LogP contribution in [0.5, 0.6) is 0 Å². The summed E-state index contributed by atoms with van der Waals surface area (Å²) in [5.74, 6) is 0.159. The van der Waals surface area contributed by atoms with Gasteiger partial charge in [0.25, 0.3) is 5.91 Å². The maximum absolute atomic E-state index is 13.3. The van der Waals surface area contributed by atoms with Crippen LogP contribution in [0, 0.1) is 6.92 Å². The first-order chi connectivity index (χ1) is 21.2. The lowest BCUT2D eigenvalue weighted by Crippen LogP contribution is -2.31. The van der Waals surface area contributed by atoms with Crippen LogP contribution in [0.1, 0.15) is 28.8 Å². The zero-order chi connectivity index (χ0) is 30.8. The molecule has 0 aliphatic heterocycles. The third-order valence-electron chi connectivity index (χ3n) is 7.87. The normalized spacial score (nSPS) is 11.7. The molecule has 9 heteroatoms. The van der Waals surface area contributed by atoms with Crippen molar-refractivity contribution in [3.63, 3.8) is 0 Å².